The Labute approximate surface area is 113 Å². The monoisotopic (exact) mass is 289 g/mol. The van der Waals surface area contributed by atoms with Crippen molar-refractivity contribution in [3.63, 3.8) is 0 Å². The molecule has 0 heterocycles. The Morgan fingerprint density at radius 1 is 1.33 bits per heavy atom. The lowest BCUT2D eigenvalue weighted by Crippen LogP contribution is -1.99. The largest absolute Gasteiger partial charge is 0.351 e. The van der Waals surface area contributed by atoms with E-state index in [0.717, 1.165) is 5.56 Å². The summed E-state index contributed by atoms with van der Waals surface area (Å²) in [4.78, 5) is 4.10. The third-order valence-electron chi connectivity index (χ3n) is 2.00. The van der Waals surface area contributed by atoms with Crippen LogP contribution in [0.1, 0.15) is 19.4 Å². The number of nitrogens with zero attached hydrogens (tertiary/aromatic N) is 1. The van der Waals surface area contributed by atoms with Crippen LogP contribution >= 0.6 is 19.2 Å². The molecule has 0 saturated carbocycles. The van der Waals surface area contributed by atoms with Crippen LogP contribution in [0, 0.1) is 0 Å². The highest BCUT2D eigenvalue weighted by Crippen LogP contribution is 2.47. The Hall–Kier alpha value is -0.670. The van der Waals surface area contributed by atoms with E-state index in [1.807, 2.05) is 12.1 Å². The summed E-state index contributed by atoms with van der Waals surface area (Å²) in [5.74, 6) is 0. The van der Waals surface area contributed by atoms with Gasteiger partial charge in [0.05, 0.1) is 13.2 Å². The maximum Gasteiger partial charge on any atom is 0.351 e. The lowest BCUT2D eigenvalue weighted by Gasteiger charge is -2.14. The van der Waals surface area contributed by atoms with Crippen molar-refractivity contribution in [3.8, 4) is 0 Å². The van der Waals surface area contributed by atoms with Gasteiger partial charge in [0.15, 0.2) is 0 Å². The molecule has 0 aliphatic rings. The molecule has 100 valence electrons. The Bertz CT molecular complexity index is 441. The van der Waals surface area contributed by atoms with E-state index in [1.54, 1.807) is 32.2 Å². The standard InChI is InChI=1S/C12H17ClNO3P/c1-3-16-18(15,17-4-2)10-14-9-11-6-5-7-12(13)8-11/h5-9H,3-4,10H2,1-2H3/b14-9+. The number of halogens is 1. The fraction of sp³-hybridized carbons (Fsp3) is 0.417. The molecule has 1 aromatic rings. The van der Waals surface area contributed by atoms with E-state index in [-0.39, 0.29) is 6.29 Å². The maximum atomic E-state index is 12.1. The molecule has 0 aromatic heterocycles. The summed E-state index contributed by atoms with van der Waals surface area (Å²) in [6.45, 7) is 4.21. The van der Waals surface area contributed by atoms with E-state index < -0.39 is 7.60 Å². The highest BCUT2D eigenvalue weighted by atomic mass is 35.5. The first-order valence-corrected chi connectivity index (χ1v) is 7.83. The van der Waals surface area contributed by atoms with Crippen LogP contribution < -0.4 is 0 Å². The van der Waals surface area contributed by atoms with Crippen LogP contribution in [-0.4, -0.2) is 25.7 Å². The van der Waals surface area contributed by atoms with Crippen LogP contribution in [0.2, 0.25) is 5.02 Å². The normalized spacial score (nSPS) is 12.2. The fourth-order valence-corrected chi connectivity index (χ4v) is 2.85. The van der Waals surface area contributed by atoms with Crippen LogP contribution in [0.3, 0.4) is 0 Å². The minimum atomic E-state index is -3.10. The molecule has 0 aliphatic heterocycles. The minimum absolute atomic E-state index is 0.0151. The second-order valence-corrected chi connectivity index (χ2v) is 5.91. The van der Waals surface area contributed by atoms with Gasteiger partial charge in [-0.2, -0.15) is 0 Å². The summed E-state index contributed by atoms with van der Waals surface area (Å²) in [5.41, 5.74) is 0.849. The predicted octanol–water partition coefficient (Wildman–Crippen LogP) is 3.98. The molecule has 6 heteroatoms. The maximum absolute atomic E-state index is 12.1. The van der Waals surface area contributed by atoms with Crippen LogP contribution in [0.25, 0.3) is 0 Å². The van der Waals surface area contributed by atoms with Gasteiger partial charge in [-0.3, -0.25) is 9.56 Å². The van der Waals surface area contributed by atoms with Crippen molar-refractivity contribution in [2.45, 2.75) is 13.8 Å². The van der Waals surface area contributed by atoms with Gasteiger partial charge in [0.2, 0.25) is 0 Å². The molecular formula is C12H17ClNO3P. The predicted molar refractivity (Wildman–Crippen MR) is 74.8 cm³/mol. The molecule has 0 radical (unpaired) electrons. The van der Waals surface area contributed by atoms with Gasteiger partial charge in [0.1, 0.15) is 6.29 Å². The van der Waals surface area contributed by atoms with Gasteiger partial charge < -0.3 is 9.05 Å². The topological polar surface area (TPSA) is 47.9 Å². The molecule has 1 rings (SSSR count). The smallest absolute Gasteiger partial charge is 0.308 e. The molecule has 18 heavy (non-hydrogen) atoms. The van der Waals surface area contributed by atoms with Crippen LogP contribution in [0.15, 0.2) is 29.3 Å². The summed E-state index contributed by atoms with van der Waals surface area (Å²) < 4.78 is 22.3. The Morgan fingerprint density at radius 3 is 2.56 bits per heavy atom. The SMILES string of the molecule is CCOP(=O)(C/N=C/c1cccc(Cl)c1)OCC. The van der Waals surface area contributed by atoms with Gasteiger partial charge in [0.25, 0.3) is 0 Å². The molecule has 0 fully saturated rings. The first-order chi connectivity index (χ1) is 8.59. The molecule has 4 nitrogen and oxygen atoms in total. The van der Waals surface area contributed by atoms with Gasteiger partial charge >= 0.3 is 7.60 Å². The third kappa shape index (κ3) is 5.32. The number of hydrogen-bond acceptors (Lipinski definition) is 4. The highest BCUT2D eigenvalue weighted by molar-refractivity contribution is 7.53. The van der Waals surface area contributed by atoms with Crippen molar-refractivity contribution >= 4 is 25.4 Å². The van der Waals surface area contributed by atoms with E-state index in [1.165, 1.54) is 0 Å². The molecule has 0 amide bonds. The highest BCUT2D eigenvalue weighted by Gasteiger charge is 2.22. The summed E-state index contributed by atoms with van der Waals surface area (Å²) >= 11 is 5.85. The summed E-state index contributed by atoms with van der Waals surface area (Å²) in [6, 6.07) is 7.25. The van der Waals surface area contributed by atoms with Crippen LogP contribution in [-0.2, 0) is 13.6 Å². The quantitative estimate of drug-likeness (QED) is 0.563. The zero-order valence-corrected chi connectivity index (χ0v) is 12.2. The lowest BCUT2D eigenvalue weighted by molar-refractivity contribution is 0.221. The first-order valence-electron chi connectivity index (χ1n) is 5.73. The van der Waals surface area contributed by atoms with E-state index in [0.29, 0.717) is 18.2 Å². The van der Waals surface area contributed by atoms with Crippen LogP contribution in [0.5, 0.6) is 0 Å². The summed E-state index contributed by atoms with van der Waals surface area (Å²) in [6.07, 6.45) is 1.62. The molecule has 1 aromatic carbocycles. The number of aliphatic imine (C=N–C) groups is 1. The lowest BCUT2D eigenvalue weighted by atomic mass is 10.2. The Morgan fingerprint density at radius 2 is 2.00 bits per heavy atom. The summed E-state index contributed by atoms with van der Waals surface area (Å²) in [5, 5.41) is 0.636. The molecular weight excluding hydrogens is 273 g/mol. The van der Waals surface area contributed by atoms with Crippen molar-refractivity contribution in [2.24, 2.45) is 4.99 Å². The van der Waals surface area contributed by atoms with E-state index in [4.69, 9.17) is 20.6 Å². The van der Waals surface area contributed by atoms with Gasteiger partial charge in [-0.15, -0.1) is 0 Å². The number of hydrogen-bond donors (Lipinski definition) is 0. The minimum Gasteiger partial charge on any atom is -0.308 e. The van der Waals surface area contributed by atoms with E-state index >= 15 is 0 Å². The van der Waals surface area contributed by atoms with Crippen molar-refractivity contribution in [3.05, 3.63) is 34.9 Å². The average Bonchev–Trinajstić information content (AvgIpc) is 2.29. The van der Waals surface area contributed by atoms with Gasteiger partial charge in [0, 0.05) is 11.2 Å². The number of benzene rings is 1. The third-order valence-corrected chi connectivity index (χ3v) is 4.04. The first kappa shape index (κ1) is 15.4. The summed E-state index contributed by atoms with van der Waals surface area (Å²) in [7, 11) is -3.10. The van der Waals surface area contributed by atoms with E-state index in [9.17, 15) is 4.57 Å². The Kier molecular flexibility index (Phi) is 6.58. The van der Waals surface area contributed by atoms with Crippen LogP contribution in [0.4, 0.5) is 0 Å². The second-order valence-electron chi connectivity index (χ2n) is 3.45. The molecule has 0 unspecified atom stereocenters. The molecule has 0 aliphatic carbocycles. The molecule has 0 atom stereocenters. The van der Waals surface area contributed by atoms with Crippen molar-refractivity contribution in [1.29, 1.82) is 0 Å². The van der Waals surface area contributed by atoms with Gasteiger partial charge in [-0.05, 0) is 31.5 Å². The van der Waals surface area contributed by atoms with E-state index in [2.05, 4.69) is 4.99 Å². The van der Waals surface area contributed by atoms with Crippen molar-refractivity contribution in [2.75, 3.05) is 19.5 Å². The fourth-order valence-electron chi connectivity index (χ4n) is 1.35. The Balaban J connectivity index is 2.64. The average molecular weight is 290 g/mol. The van der Waals surface area contributed by atoms with Crippen molar-refractivity contribution < 1.29 is 13.6 Å². The number of rotatable bonds is 7. The van der Waals surface area contributed by atoms with Gasteiger partial charge in [-0.1, -0.05) is 23.7 Å². The van der Waals surface area contributed by atoms with Gasteiger partial charge in [-0.25, -0.2) is 0 Å². The molecule has 0 N–H and O–H groups in total. The zero-order valence-electron chi connectivity index (χ0n) is 10.5. The van der Waals surface area contributed by atoms with Crippen molar-refractivity contribution in [1.82, 2.24) is 0 Å². The molecule has 0 saturated heterocycles. The second kappa shape index (κ2) is 7.70. The molecule has 0 bridgehead atoms. The zero-order chi connectivity index (χ0) is 13.4. The molecule has 0 spiro atoms.